The van der Waals surface area contributed by atoms with Crippen LogP contribution in [0.15, 0.2) is 29.4 Å². The number of halogens is 2. The number of nitrogens with zero attached hydrogens (tertiary/aromatic N) is 5. The van der Waals surface area contributed by atoms with E-state index >= 15 is 8.78 Å². The Hall–Kier alpha value is -4.59. The molecule has 2 saturated heterocycles. The molecule has 0 radical (unpaired) electrons. The van der Waals surface area contributed by atoms with Crippen molar-refractivity contribution in [2.24, 2.45) is 0 Å². The third-order valence-electron chi connectivity index (χ3n) is 12.3. The van der Waals surface area contributed by atoms with E-state index in [9.17, 15) is 13.2 Å². The summed E-state index contributed by atoms with van der Waals surface area (Å²) in [6.07, 6.45) is 0.861. The number of pyridine rings is 1. The molecule has 12 nitrogen and oxygen atoms in total. The second-order valence-corrected chi connectivity index (χ2v) is 25.7. The number of hydrogen-bond acceptors (Lipinski definition) is 11. The topological polar surface area (TPSA) is 133 Å². The molecule has 5 heterocycles. The van der Waals surface area contributed by atoms with Crippen molar-refractivity contribution < 1.29 is 40.9 Å². The van der Waals surface area contributed by atoms with Crippen molar-refractivity contribution in [3.8, 4) is 34.4 Å². The highest BCUT2D eigenvalue weighted by Crippen LogP contribution is 2.47. The van der Waals surface area contributed by atoms with Gasteiger partial charge < -0.3 is 23.8 Å². The number of amides is 1. The van der Waals surface area contributed by atoms with Crippen LogP contribution in [-0.4, -0.2) is 99.0 Å². The maximum absolute atomic E-state index is 17.8. The average molecular weight is 864 g/mol. The minimum Gasteiger partial charge on any atom is -0.475 e. The van der Waals surface area contributed by atoms with Crippen molar-refractivity contribution in [1.82, 2.24) is 19.9 Å². The molecule has 322 valence electrons. The standard InChI is InChI=1S/C44H55F2N5O7SSi/c1-12-59(53,54)42-48-39-36-40(49-42)50-21-28-14-16-33(51(28)43(52)58-44(8,9)10)34(50)22-56-41(36)47-38(37(39)46)31-20-29(57-23-55-11)19-27-13-15-32(45)30(35(27)31)17-18-60(24(2)3,25(4)5)26(6)7/h13,15,19-20,24-26,28,33-34H,12,14,16,21-23H2,1-11H3/t28-,33+,34-/m1/s1. The molecule has 60 heavy (non-hydrogen) atoms. The second kappa shape index (κ2) is 16.0. The van der Waals surface area contributed by atoms with Crippen LogP contribution in [0.5, 0.6) is 11.6 Å². The van der Waals surface area contributed by atoms with E-state index in [1.165, 1.54) is 20.1 Å². The van der Waals surface area contributed by atoms with Gasteiger partial charge in [-0.25, -0.2) is 36.9 Å². The Morgan fingerprint density at radius 3 is 2.33 bits per heavy atom. The van der Waals surface area contributed by atoms with E-state index in [-0.39, 0.29) is 93.8 Å². The summed E-state index contributed by atoms with van der Waals surface area (Å²) in [6, 6.07) is 5.01. The first kappa shape index (κ1) is 43.5. The molecule has 3 aliphatic heterocycles. The molecule has 0 N–H and O–H groups in total. The van der Waals surface area contributed by atoms with E-state index in [1.807, 2.05) is 25.7 Å². The third-order valence-corrected chi connectivity index (χ3v) is 20.1. The van der Waals surface area contributed by atoms with Crippen LogP contribution in [0, 0.1) is 23.1 Å². The summed E-state index contributed by atoms with van der Waals surface area (Å²) in [5.41, 5.74) is 3.33. The van der Waals surface area contributed by atoms with Gasteiger partial charge in [-0.1, -0.05) is 60.5 Å². The van der Waals surface area contributed by atoms with Crippen LogP contribution in [0.2, 0.25) is 16.6 Å². The Bertz CT molecular complexity index is 2510. The van der Waals surface area contributed by atoms with Gasteiger partial charge in [-0.3, -0.25) is 4.90 Å². The van der Waals surface area contributed by atoms with Gasteiger partial charge in [-0.05, 0) is 73.8 Å². The Balaban J connectivity index is 1.50. The summed E-state index contributed by atoms with van der Waals surface area (Å²) >= 11 is 0. The van der Waals surface area contributed by atoms with Crippen molar-refractivity contribution in [2.75, 3.05) is 37.7 Å². The van der Waals surface area contributed by atoms with Crippen LogP contribution >= 0.6 is 0 Å². The van der Waals surface area contributed by atoms with E-state index in [2.05, 4.69) is 63.0 Å². The van der Waals surface area contributed by atoms with E-state index in [4.69, 9.17) is 23.9 Å². The van der Waals surface area contributed by atoms with Gasteiger partial charge in [0.05, 0.1) is 29.4 Å². The fraction of sp³-hybridized carbons (Fsp3) is 0.545. The summed E-state index contributed by atoms with van der Waals surface area (Å²) in [5, 5.41) is 0.365. The van der Waals surface area contributed by atoms with E-state index < -0.39 is 52.4 Å². The highest BCUT2D eigenvalue weighted by molar-refractivity contribution is 7.91. The Morgan fingerprint density at radius 1 is 1.00 bits per heavy atom. The number of carbonyl (C=O) groups is 1. The first-order valence-corrected chi connectivity index (χ1v) is 24.6. The van der Waals surface area contributed by atoms with Crippen molar-refractivity contribution in [1.29, 1.82) is 0 Å². The Kier molecular flexibility index (Phi) is 11.6. The molecule has 4 aromatic rings. The van der Waals surface area contributed by atoms with Gasteiger partial charge in [0.2, 0.25) is 20.9 Å². The highest BCUT2D eigenvalue weighted by atomic mass is 32.2. The molecule has 1 amide bonds. The smallest absolute Gasteiger partial charge is 0.410 e. The van der Waals surface area contributed by atoms with E-state index in [0.717, 1.165) is 0 Å². The van der Waals surface area contributed by atoms with Crippen LogP contribution in [-0.2, 0) is 19.3 Å². The number of rotatable bonds is 9. The molecule has 0 spiro atoms. The van der Waals surface area contributed by atoms with Crippen LogP contribution in [0.4, 0.5) is 19.4 Å². The summed E-state index contributed by atoms with van der Waals surface area (Å²) in [5.74, 6) is 1.82. The van der Waals surface area contributed by atoms with E-state index in [1.54, 1.807) is 23.1 Å². The normalized spacial score (nSPS) is 19.1. The monoisotopic (exact) mass is 863 g/mol. The lowest BCUT2D eigenvalue weighted by Crippen LogP contribution is -2.63. The number of fused-ring (bicyclic) bond motifs is 6. The van der Waals surface area contributed by atoms with Crippen LogP contribution in [0.25, 0.3) is 32.9 Å². The summed E-state index contributed by atoms with van der Waals surface area (Å²) < 4.78 is 84.6. The maximum Gasteiger partial charge on any atom is 0.410 e. The van der Waals surface area contributed by atoms with Crippen molar-refractivity contribution in [3.05, 3.63) is 41.5 Å². The number of aromatic nitrogens is 3. The van der Waals surface area contributed by atoms with Gasteiger partial charge >= 0.3 is 6.09 Å². The molecule has 3 atom stereocenters. The minimum atomic E-state index is -4.08. The number of ether oxygens (including phenoxy) is 4. The molecular weight excluding hydrogens is 809 g/mol. The predicted octanol–water partition coefficient (Wildman–Crippen LogP) is 8.82. The van der Waals surface area contributed by atoms with Gasteiger partial charge in [0, 0.05) is 24.6 Å². The molecule has 2 fully saturated rings. The number of carbonyl (C=O) groups excluding carboxylic acids is 1. The fourth-order valence-corrected chi connectivity index (χ4v) is 15.6. The third kappa shape index (κ3) is 7.44. The van der Waals surface area contributed by atoms with Crippen LogP contribution in [0.3, 0.4) is 0 Å². The Labute approximate surface area is 352 Å². The number of anilines is 1. The first-order chi connectivity index (χ1) is 28.2. The Morgan fingerprint density at radius 2 is 1.70 bits per heavy atom. The second-order valence-electron chi connectivity index (χ2n) is 17.9. The van der Waals surface area contributed by atoms with Gasteiger partial charge in [0.1, 0.15) is 54.3 Å². The summed E-state index contributed by atoms with van der Waals surface area (Å²) in [7, 11) is -4.98. The quantitative estimate of drug-likeness (QED) is 0.0692. The number of hydrogen-bond donors (Lipinski definition) is 0. The van der Waals surface area contributed by atoms with Gasteiger partial charge in [0.25, 0.3) is 0 Å². The molecule has 2 bridgehead atoms. The first-order valence-electron chi connectivity index (χ1n) is 20.7. The van der Waals surface area contributed by atoms with Crippen molar-refractivity contribution in [3.63, 3.8) is 0 Å². The molecule has 16 heteroatoms. The van der Waals surface area contributed by atoms with Gasteiger partial charge in [0.15, 0.2) is 12.6 Å². The lowest BCUT2D eigenvalue weighted by atomic mass is 9.95. The number of piperazine rings is 1. The lowest BCUT2D eigenvalue weighted by Gasteiger charge is -2.46. The largest absolute Gasteiger partial charge is 0.475 e. The SMILES string of the molecule is CCS(=O)(=O)c1nc2c3c(nc(-c4cc(OCOC)cc5ccc(F)c(C#C[Si](C(C)C)(C(C)C)C(C)C)c45)c(F)c3n1)OC[C@@H]1[C@@H]3CC[C@H](CN21)N3C(=O)OC(C)(C)C. The summed E-state index contributed by atoms with van der Waals surface area (Å²) in [6.45, 7) is 20.1. The highest BCUT2D eigenvalue weighted by Gasteiger charge is 2.52. The summed E-state index contributed by atoms with van der Waals surface area (Å²) in [4.78, 5) is 31.1. The fourth-order valence-electron chi connectivity index (χ4n) is 9.65. The molecule has 0 aliphatic carbocycles. The molecular formula is C44H55F2N5O7SSi. The molecule has 2 aromatic heterocycles. The molecule has 7 rings (SSSR count). The van der Waals surface area contributed by atoms with Gasteiger partial charge in [-0.2, -0.15) is 0 Å². The zero-order valence-electron chi connectivity index (χ0n) is 36.3. The van der Waals surface area contributed by atoms with Crippen molar-refractivity contribution in [2.45, 2.75) is 128 Å². The average Bonchev–Trinajstić information content (AvgIpc) is 3.42. The van der Waals surface area contributed by atoms with Crippen molar-refractivity contribution >= 4 is 51.5 Å². The number of sulfone groups is 1. The zero-order chi connectivity index (χ0) is 43.6. The predicted molar refractivity (Wildman–Crippen MR) is 230 cm³/mol. The molecule has 0 unspecified atom stereocenters. The maximum atomic E-state index is 17.8. The number of benzene rings is 2. The lowest BCUT2D eigenvalue weighted by molar-refractivity contribution is 0.00538. The van der Waals surface area contributed by atoms with E-state index in [0.29, 0.717) is 29.4 Å². The van der Waals surface area contributed by atoms with Gasteiger partial charge in [-0.15, -0.1) is 5.54 Å². The number of methoxy groups -OCH3 is 1. The molecule has 0 saturated carbocycles. The van der Waals surface area contributed by atoms with Crippen LogP contribution < -0.4 is 14.4 Å². The zero-order valence-corrected chi connectivity index (χ0v) is 38.1. The van der Waals surface area contributed by atoms with Crippen LogP contribution in [0.1, 0.15) is 87.6 Å². The minimum absolute atomic E-state index is 0.00544. The molecule has 2 aromatic carbocycles. The molecule has 3 aliphatic rings.